The normalized spacial score (nSPS) is 12.9. The predicted octanol–water partition coefficient (Wildman–Crippen LogP) is 4.99. The van der Waals surface area contributed by atoms with Crippen LogP contribution in [-0.4, -0.2) is 23.1 Å². The number of nitrogens with one attached hydrogen (secondary N) is 2. The molecule has 0 saturated heterocycles. The quantitative estimate of drug-likeness (QED) is 0.655. The van der Waals surface area contributed by atoms with E-state index in [0.717, 1.165) is 11.3 Å². The van der Waals surface area contributed by atoms with Crippen molar-refractivity contribution in [1.82, 2.24) is 5.32 Å². The molecule has 26 heavy (non-hydrogen) atoms. The summed E-state index contributed by atoms with van der Waals surface area (Å²) in [7, 11) is 0. The van der Waals surface area contributed by atoms with E-state index in [1.54, 1.807) is 36.4 Å². The maximum Gasteiger partial charge on any atom is 0.253 e. The van der Waals surface area contributed by atoms with Gasteiger partial charge in [0.2, 0.25) is 5.91 Å². The number of hydrogen-bond acceptors (Lipinski definition) is 3. The Morgan fingerprint density at radius 2 is 1.73 bits per heavy atom. The molecule has 2 aromatic rings. The van der Waals surface area contributed by atoms with Crippen molar-refractivity contribution in [3.05, 3.63) is 59.1 Å². The topological polar surface area (TPSA) is 58.2 Å². The first-order chi connectivity index (χ1) is 12.4. The van der Waals surface area contributed by atoms with Crippen molar-refractivity contribution in [2.45, 2.75) is 43.4 Å². The van der Waals surface area contributed by atoms with Crippen LogP contribution in [0.4, 0.5) is 5.69 Å². The third-order valence-electron chi connectivity index (χ3n) is 3.92. The Kier molecular flexibility index (Phi) is 7.54. The van der Waals surface area contributed by atoms with E-state index in [4.69, 9.17) is 11.6 Å². The van der Waals surface area contributed by atoms with E-state index in [-0.39, 0.29) is 23.1 Å². The molecule has 6 heteroatoms. The van der Waals surface area contributed by atoms with Crippen LogP contribution in [0.5, 0.6) is 0 Å². The average molecular weight is 391 g/mol. The Labute approximate surface area is 163 Å². The van der Waals surface area contributed by atoms with E-state index in [2.05, 4.69) is 10.6 Å². The smallest absolute Gasteiger partial charge is 0.253 e. The van der Waals surface area contributed by atoms with Crippen LogP contribution < -0.4 is 10.6 Å². The summed E-state index contributed by atoms with van der Waals surface area (Å²) in [6.45, 7) is 5.79. The fourth-order valence-corrected chi connectivity index (χ4v) is 3.19. The predicted molar refractivity (Wildman–Crippen MR) is 109 cm³/mol. The van der Waals surface area contributed by atoms with Crippen molar-refractivity contribution in [3.63, 3.8) is 0 Å². The SMILES string of the molecule is CC[C@@H](C)NC(=O)c1ccccc1NC(=O)[C@@H](C)Sc1ccc(Cl)cc1. The number of thioether (sulfide) groups is 1. The summed E-state index contributed by atoms with van der Waals surface area (Å²) in [6.07, 6.45) is 0.842. The van der Waals surface area contributed by atoms with Gasteiger partial charge in [-0.2, -0.15) is 0 Å². The van der Waals surface area contributed by atoms with Gasteiger partial charge in [-0.25, -0.2) is 0 Å². The van der Waals surface area contributed by atoms with Crippen LogP contribution >= 0.6 is 23.4 Å². The van der Waals surface area contributed by atoms with Gasteiger partial charge in [-0.3, -0.25) is 9.59 Å². The van der Waals surface area contributed by atoms with Gasteiger partial charge in [0.25, 0.3) is 5.91 Å². The minimum atomic E-state index is -0.318. The first-order valence-corrected chi connectivity index (χ1v) is 9.79. The molecule has 138 valence electrons. The molecule has 2 atom stereocenters. The number of carbonyl (C=O) groups is 2. The minimum absolute atomic E-state index is 0.0747. The summed E-state index contributed by atoms with van der Waals surface area (Å²) in [5.41, 5.74) is 0.978. The van der Waals surface area contributed by atoms with Crippen molar-refractivity contribution in [3.8, 4) is 0 Å². The van der Waals surface area contributed by atoms with Crippen LogP contribution in [0, 0.1) is 0 Å². The van der Waals surface area contributed by atoms with E-state index in [0.29, 0.717) is 16.3 Å². The number of halogens is 1. The van der Waals surface area contributed by atoms with Crippen molar-refractivity contribution >= 4 is 40.9 Å². The Hall–Kier alpha value is -1.98. The molecule has 0 saturated carbocycles. The van der Waals surface area contributed by atoms with Gasteiger partial charge in [-0.1, -0.05) is 30.7 Å². The second kappa shape index (κ2) is 9.64. The Balaban J connectivity index is 2.06. The highest BCUT2D eigenvalue weighted by Gasteiger charge is 2.18. The molecule has 4 nitrogen and oxygen atoms in total. The third kappa shape index (κ3) is 5.78. The number of carbonyl (C=O) groups excluding carboxylic acids is 2. The molecule has 0 unspecified atom stereocenters. The molecule has 2 amide bonds. The Morgan fingerprint density at radius 1 is 1.08 bits per heavy atom. The molecule has 2 rings (SSSR count). The first-order valence-electron chi connectivity index (χ1n) is 8.53. The summed E-state index contributed by atoms with van der Waals surface area (Å²) in [5, 5.41) is 6.14. The lowest BCUT2D eigenvalue weighted by atomic mass is 10.1. The fourth-order valence-electron chi connectivity index (χ4n) is 2.20. The lowest BCUT2D eigenvalue weighted by Crippen LogP contribution is -2.33. The van der Waals surface area contributed by atoms with E-state index in [9.17, 15) is 9.59 Å². The summed E-state index contributed by atoms with van der Waals surface area (Å²) in [5.74, 6) is -0.345. The van der Waals surface area contributed by atoms with Crippen molar-refractivity contribution in [1.29, 1.82) is 0 Å². The van der Waals surface area contributed by atoms with Crippen molar-refractivity contribution < 1.29 is 9.59 Å². The second-order valence-corrected chi connectivity index (χ2v) is 7.88. The minimum Gasteiger partial charge on any atom is -0.350 e. The molecule has 0 bridgehead atoms. The van der Waals surface area contributed by atoms with Crippen LogP contribution in [0.2, 0.25) is 5.02 Å². The van der Waals surface area contributed by atoms with E-state index in [1.807, 2.05) is 32.9 Å². The molecular weight excluding hydrogens is 368 g/mol. The average Bonchev–Trinajstić information content (AvgIpc) is 2.63. The van der Waals surface area contributed by atoms with E-state index in [1.165, 1.54) is 11.8 Å². The third-order valence-corrected chi connectivity index (χ3v) is 5.28. The maximum absolute atomic E-state index is 12.5. The van der Waals surface area contributed by atoms with E-state index >= 15 is 0 Å². The highest BCUT2D eigenvalue weighted by atomic mass is 35.5. The number of rotatable bonds is 7. The molecule has 0 heterocycles. The molecule has 0 fully saturated rings. The number of benzene rings is 2. The molecule has 0 aromatic heterocycles. The van der Waals surface area contributed by atoms with Gasteiger partial charge in [-0.15, -0.1) is 11.8 Å². The van der Waals surface area contributed by atoms with Crippen molar-refractivity contribution in [2.24, 2.45) is 0 Å². The lowest BCUT2D eigenvalue weighted by Gasteiger charge is -2.16. The van der Waals surface area contributed by atoms with Gasteiger partial charge in [0.15, 0.2) is 0 Å². The zero-order valence-corrected chi connectivity index (χ0v) is 16.7. The summed E-state index contributed by atoms with van der Waals surface area (Å²) in [6, 6.07) is 14.5. The van der Waals surface area contributed by atoms with Gasteiger partial charge >= 0.3 is 0 Å². The van der Waals surface area contributed by atoms with Gasteiger partial charge < -0.3 is 10.6 Å². The Morgan fingerprint density at radius 3 is 2.38 bits per heavy atom. The summed E-state index contributed by atoms with van der Waals surface area (Å²) >= 11 is 7.32. The lowest BCUT2D eigenvalue weighted by molar-refractivity contribution is -0.115. The van der Waals surface area contributed by atoms with Crippen LogP contribution in [0.1, 0.15) is 37.6 Å². The zero-order chi connectivity index (χ0) is 19.1. The highest BCUT2D eigenvalue weighted by molar-refractivity contribution is 8.00. The molecule has 0 aliphatic carbocycles. The van der Waals surface area contributed by atoms with Gasteiger partial charge in [0.1, 0.15) is 0 Å². The standard InChI is InChI=1S/C20H23ClN2O2S/c1-4-13(2)22-20(25)17-7-5-6-8-18(17)23-19(24)14(3)26-16-11-9-15(21)10-12-16/h5-14H,4H2,1-3H3,(H,22,25)(H,23,24)/t13-,14-/m1/s1. The molecule has 0 spiro atoms. The van der Waals surface area contributed by atoms with Crippen molar-refractivity contribution in [2.75, 3.05) is 5.32 Å². The van der Waals surface area contributed by atoms with Crippen LogP contribution in [0.25, 0.3) is 0 Å². The summed E-state index contributed by atoms with van der Waals surface area (Å²) in [4.78, 5) is 25.9. The number of hydrogen-bond donors (Lipinski definition) is 2. The fraction of sp³-hybridized carbons (Fsp3) is 0.300. The number of para-hydroxylation sites is 1. The molecule has 0 aliphatic rings. The largest absolute Gasteiger partial charge is 0.350 e. The van der Waals surface area contributed by atoms with Crippen LogP contribution in [0.15, 0.2) is 53.4 Å². The molecule has 0 radical (unpaired) electrons. The number of anilines is 1. The summed E-state index contributed by atoms with van der Waals surface area (Å²) < 4.78 is 0. The van der Waals surface area contributed by atoms with Crippen LogP contribution in [0.3, 0.4) is 0 Å². The number of amides is 2. The second-order valence-electron chi connectivity index (χ2n) is 6.03. The van der Waals surface area contributed by atoms with Gasteiger partial charge in [-0.05, 0) is 56.7 Å². The molecule has 0 aliphatic heterocycles. The van der Waals surface area contributed by atoms with Gasteiger partial charge in [0.05, 0.1) is 16.5 Å². The highest BCUT2D eigenvalue weighted by Crippen LogP contribution is 2.26. The first kappa shape index (κ1) is 20.3. The van der Waals surface area contributed by atoms with E-state index < -0.39 is 0 Å². The Bertz CT molecular complexity index is 765. The molecular formula is C20H23ClN2O2S. The van der Waals surface area contributed by atoms with Gasteiger partial charge in [0, 0.05) is 16.0 Å². The molecule has 2 N–H and O–H groups in total. The zero-order valence-electron chi connectivity index (χ0n) is 15.1. The molecule has 2 aromatic carbocycles. The monoisotopic (exact) mass is 390 g/mol. The van der Waals surface area contributed by atoms with Crippen LogP contribution in [-0.2, 0) is 4.79 Å². The maximum atomic E-state index is 12.5.